The normalized spacial score (nSPS) is 10.8. The van der Waals surface area contributed by atoms with Gasteiger partial charge in [0.05, 0.1) is 11.1 Å². The third-order valence-electron chi connectivity index (χ3n) is 4.40. The first kappa shape index (κ1) is 20.2. The molecule has 1 heterocycles. The van der Waals surface area contributed by atoms with Crippen molar-refractivity contribution in [2.45, 2.75) is 26.2 Å². The van der Waals surface area contributed by atoms with E-state index in [0.717, 1.165) is 28.8 Å². The van der Waals surface area contributed by atoms with Crippen molar-refractivity contribution in [3.63, 3.8) is 0 Å². The summed E-state index contributed by atoms with van der Waals surface area (Å²) < 4.78 is 0. The number of hydrogen-bond donors (Lipinski definition) is 2. The highest BCUT2D eigenvalue weighted by Crippen LogP contribution is 2.23. The molecule has 2 N–H and O–H groups in total. The quantitative estimate of drug-likeness (QED) is 0.438. The summed E-state index contributed by atoms with van der Waals surface area (Å²) >= 11 is 1.96. The van der Waals surface area contributed by atoms with E-state index in [1.807, 2.05) is 72.4 Å². The largest absolute Gasteiger partial charge is 0.352 e. The zero-order chi connectivity index (χ0) is 19.6. The lowest BCUT2D eigenvalue weighted by Crippen LogP contribution is -2.25. The summed E-state index contributed by atoms with van der Waals surface area (Å²) in [4.78, 5) is 17.5. The Kier molecular flexibility index (Phi) is 7.73. The van der Waals surface area contributed by atoms with Gasteiger partial charge in [0.1, 0.15) is 5.82 Å². The number of benzene rings is 2. The van der Waals surface area contributed by atoms with Gasteiger partial charge in [-0.05, 0) is 48.6 Å². The predicted molar refractivity (Wildman–Crippen MR) is 121 cm³/mol. The van der Waals surface area contributed by atoms with Gasteiger partial charge in [0, 0.05) is 17.6 Å². The number of pyridine rings is 1. The van der Waals surface area contributed by atoms with Crippen molar-refractivity contribution in [3.05, 3.63) is 66.2 Å². The second kappa shape index (κ2) is 10.7. The van der Waals surface area contributed by atoms with Crippen LogP contribution in [0.25, 0.3) is 10.9 Å². The zero-order valence-corrected chi connectivity index (χ0v) is 17.1. The number of aromatic nitrogens is 1. The van der Waals surface area contributed by atoms with E-state index < -0.39 is 0 Å². The highest BCUT2D eigenvalue weighted by molar-refractivity contribution is 7.99. The molecule has 0 unspecified atom stereocenters. The number of thioether (sulfide) groups is 1. The van der Waals surface area contributed by atoms with Crippen LogP contribution in [0.5, 0.6) is 0 Å². The summed E-state index contributed by atoms with van der Waals surface area (Å²) in [5.41, 5.74) is 2.41. The maximum atomic E-state index is 12.8. The lowest BCUT2D eigenvalue weighted by atomic mass is 10.1. The van der Waals surface area contributed by atoms with Crippen LogP contribution in [0.3, 0.4) is 0 Å². The molecule has 146 valence electrons. The number of rotatable bonds is 10. The van der Waals surface area contributed by atoms with E-state index >= 15 is 0 Å². The van der Waals surface area contributed by atoms with Crippen molar-refractivity contribution < 1.29 is 4.79 Å². The van der Waals surface area contributed by atoms with Gasteiger partial charge in [-0.15, -0.1) is 0 Å². The number of nitrogens with zero attached hydrogens (tertiary/aromatic N) is 1. The van der Waals surface area contributed by atoms with E-state index in [0.29, 0.717) is 17.9 Å². The van der Waals surface area contributed by atoms with Crippen LogP contribution in [0.2, 0.25) is 0 Å². The molecule has 4 nitrogen and oxygen atoms in total. The molecule has 0 radical (unpaired) electrons. The molecule has 0 saturated heterocycles. The molecule has 0 aliphatic carbocycles. The van der Waals surface area contributed by atoms with Crippen LogP contribution in [0, 0.1) is 0 Å². The molecule has 0 fully saturated rings. The molecule has 3 rings (SSSR count). The number of para-hydroxylation sites is 2. The molecule has 2 aromatic carbocycles. The van der Waals surface area contributed by atoms with Crippen molar-refractivity contribution in [2.24, 2.45) is 0 Å². The van der Waals surface area contributed by atoms with Gasteiger partial charge in [0.25, 0.3) is 5.91 Å². The first-order valence-electron chi connectivity index (χ1n) is 9.85. The Labute approximate surface area is 171 Å². The smallest absolute Gasteiger partial charge is 0.252 e. The molecular formula is C23H27N3OS. The molecule has 0 saturated carbocycles. The van der Waals surface area contributed by atoms with Gasteiger partial charge in [0.2, 0.25) is 0 Å². The molecule has 1 aromatic heterocycles. The molecule has 28 heavy (non-hydrogen) atoms. The van der Waals surface area contributed by atoms with E-state index in [1.165, 1.54) is 18.6 Å². The fourth-order valence-corrected chi connectivity index (χ4v) is 3.96. The minimum Gasteiger partial charge on any atom is -0.352 e. The van der Waals surface area contributed by atoms with Crippen LogP contribution in [0.1, 0.15) is 36.5 Å². The second-order valence-electron chi connectivity index (χ2n) is 6.64. The number of carbonyl (C=O) groups excluding carboxylic acids is 1. The van der Waals surface area contributed by atoms with E-state index in [1.54, 1.807) is 0 Å². The number of amides is 1. The SMILES string of the molecule is CCCCSCCCNC(=O)c1cc(Nc2ccccc2)nc2ccccc12. The summed E-state index contributed by atoms with van der Waals surface area (Å²) in [6.07, 6.45) is 3.48. The van der Waals surface area contributed by atoms with Gasteiger partial charge < -0.3 is 10.6 Å². The fourth-order valence-electron chi connectivity index (χ4n) is 2.92. The minimum atomic E-state index is -0.0479. The molecule has 0 atom stereocenters. The van der Waals surface area contributed by atoms with Crippen molar-refractivity contribution >= 4 is 40.1 Å². The van der Waals surface area contributed by atoms with Crippen molar-refractivity contribution in [3.8, 4) is 0 Å². The van der Waals surface area contributed by atoms with E-state index in [-0.39, 0.29) is 5.91 Å². The molecule has 5 heteroatoms. The third kappa shape index (κ3) is 5.73. The summed E-state index contributed by atoms with van der Waals surface area (Å²) in [6.45, 7) is 2.90. The number of nitrogens with one attached hydrogen (secondary N) is 2. The van der Waals surface area contributed by atoms with Crippen LogP contribution >= 0.6 is 11.8 Å². The summed E-state index contributed by atoms with van der Waals surface area (Å²) in [7, 11) is 0. The fraction of sp³-hybridized carbons (Fsp3) is 0.304. The standard InChI is InChI=1S/C23H27N3OS/c1-2-3-15-28-16-9-14-24-23(27)20-17-22(25-18-10-5-4-6-11-18)26-21-13-8-7-12-19(20)21/h4-8,10-13,17H,2-3,9,14-16H2,1H3,(H,24,27)(H,25,26). The van der Waals surface area contributed by atoms with E-state index in [9.17, 15) is 4.79 Å². The van der Waals surface area contributed by atoms with Crippen LogP contribution in [-0.4, -0.2) is 28.9 Å². The molecule has 1 amide bonds. The maximum Gasteiger partial charge on any atom is 0.252 e. The van der Waals surface area contributed by atoms with Gasteiger partial charge in [-0.2, -0.15) is 11.8 Å². The van der Waals surface area contributed by atoms with Crippen LogP contribution in [0.4, 0.5) is 11.5 Å². The number of anilines is 2. The Morgan fingerprint density at radius 1 is 1.00 bits per heavy atom. The van der Waals surface area contributed by atoms with Gasteiger partial charge in [0.15, 0.2) is 0 Å². The monoisotopic (exact) mass is 393 g/mol. The van der Waals surface area contributed by atoms with Crippen molar-refractivity contribution in [2.75, 3.05) is 23.4 Å². The number of fused-ring (bicyclic) bond motifs is 1. The Balaban J connectivity index is 1.69. The number of hydrogen-bond acceptors (Lipinski definition) is 4. The second-order valence-corrected chi connectivity index (χ2v) is 7.86. The Bertz CT molecular complexity index is 899. The lowest BCUT2D eigenvalue weighted by molar-refractivity contribution is 0.0955. The summed E-state index contributed by atoms with van der Waals surface area (Å²) in [5, 5.41) is 7.23. The summed E-state index contributed by atoms with van der Waals surface area (Å²) in [6, 6.07) is 19.5. The molecule has 0 spiro atoms. The van der Waals surface area contributed by atoms with Crippen LogP contribution in [-0.2, 0) is 0 Å². The predicted octanol–water partition coefficient (Wildman–Crippen LogP) is 5.63. The lowest BCUT2D eigenvalue weighted by Gasteiger charge is -2.12. The Morgan fingerprint density at radius 2 is 1.75 bits per heavy atom. The van der Waals surface area contributed by atoms with Gasteiger partial charge in [-0.1, -0.05) is 49.7 Å². The van der Waals surface area contributed by atoms with E-state index in [4.69, 9.17) is 0 Å². The van der Waals surface area contributed by atoms with Gasteiger partial charge in [-0.3, -0.25) is 4.79 Å². The molecule has 0 aliphatic rings. The summed E-state index contributed by atoms with van der Waals surface area (Å²) in [5.74, 6) is 2.91. The van der Waals surface area contributed by atoms with E-state index in [2.05, 4.69) is 22.5 Å². The third-order valence-corrected chi connectivity index (χ3v) is 5.55. The maximum absolute atomic E-state index is 12.8. The molecular weight excluding hydrogens is 366 g/mol. The first-order chi connectivity index (χ1) is 13.8. The minimum absolute atomic E-state index is 0.0479. The Hall–Kier alpha value is -2.53. The van der Waals surface area contributed by atoms with Crippen molar-refractivity contribution in [1.29, 1.82) is 0 Å². The van der Waals surface area contributed by atoms with Gasteiger partial charge in [-0.25, -0.2) is 4.98 Å². The Morgan fingerprint density at radius 3 is 2.57 bits per heavy atom. The average molecular weight is 394 g/mol. The highest BCUT2D eigenvalue weighted by Gasteiger charge is 2.12. The number of carbonyl (C=O) groups is 1. The van der Waals surface area contributed by atoms with Crippen LogP contribution < -0.4 is 10.6 Å². The topological polar surface area (TPSA) is 54.0 Å². The molecule has 0 aliphatic heterocycles. The number of unbranched alkanes of at least 4 members (excludes halogenated alkanes) is 1. The zero-order valence-electron chi connectivity index (χ0n) is 16.3. The van der Waals surface area contributed by atoms with Gasteiger partial charge >= 0.3 is 0 Å². The van der Waals surface area contributed by atoms with Crippen molar-refractivity contribution in [1.82, 2.24) is 10.3 Å². The average Bonchev–Trinajstić information content (AvgIpc) is 2.73. The highest BCUT2D eigenvalue weighted by atomic mass is 32.2. The first-order valence-corrected chi connectivity index (χ1v) is 11.0. The van der Waals surface area contributed by atoms with Crippen LogP contribution in [0.15, 0.2) is 60.7 Å². The molecule has 0 bridgehead atoms. The molecule has 3 aromatic rings.